The van der Waals surface area contributed by atoms with Gasteiger partial charge >= 0.3 is 0 Å². The van der Waals surface area contributed by atoms with Crippen LogP contribution in [-0.2, 0) is 10.8 Å². The summed E-state index contributed by atoms with van der Waals surface area (Å²) >= 11 is 0. The summed E-state index contributed by atoms with van der Waals surface area (Å²) in [6.07, 6.45) is 11.8. The fourth-order valence-electron chi connectivity index (χ4n) is 14.9. The SMILES string of the molecule is C[C@@H]1CC2C[C@@H](C1)[C@@]1(c3ccccc3-c3c(-c4cccc(N(c5ccc(-c6ccccc6)cc5)c5ccc(-c6cccc7c6-c6ccccc6C76CCCCC6)cc5)c4)cccc31)[C@@H](C)C2. The maximum atomic E-state index is 2.58. The Labute approximate surface area is 392 Å². The van der Waals surface area contributed by atoms with Gasteiger partial charge in [0.15, 0.2) is 0 Å². The minimum absolute atomic E-state index is 0.0664. The van der Waals surface area contributed by atoms with Crippen molar-refractivity contribution in [2.24, 2.45) is 23.7 Å². The highest BCUT2D eigenvalue weighted by Gasteiger charge is 2.57. The molecule has 66 heavy (non-hydrogen) atoms. The molecule has 0 aliphatic heterocycles. The van der Waals surface area contributed by atoms with Crippen molar-refractivity contribution < 1.29 is 0 Å². The minimum atomic E-state index is 0.0664. The Morgan fingerprint density at radius 3 is 1.68 bits per heavy atom. The third-order valence-corrected chi connectivity index (χ3v) is 17.4. The molecule has 5 atom stereocenters. The molecule has 13 rings (SSSR count). The number of anilines is 3. The Bertz CT molecular complexity index is 3110. The van der Waals surface area contributed by atoms with Crippen molar-refractivity contribution in [2.75, 3.05) is 4.90 Å². The smallest absolute Gasteiger partial charge is 0.0467 e. The molecule has 5 aliphatic rings. The molecule has 0 radical (unpaired) electrons. The van der Waals surface area contributed by atoms with Gasteiger partial charge in [-0.05, 0) is 176 Å². The van der Waals surface area contributed by atoms with E-state index in [2.05, 4.69) is 207 Å². The Morgan fingerprint density at radius 2 is 0.939 bits per heavy atom. The van der Waals surface area contributed by atoms with Crippen LogP contribution in [0.2, 0.25) is 0 Å². The quantitative estimate of drug-likeness (QED) is 0.161. The summed E-state index contributed by atoms with van der Waals surface area (Å²) in [4.78, 5) is 2.47. The first-order valence-corrected chi connectivity index (χ1v) is 25.1. The normalized spacial score (nSPS) is 22.9. The molecule has 0 amide bonds. The molecule has 5 aliphatic carbocycles. The van der Waals surface area contributed by atoms with E-state index in [4.69, 9.17) is 0 Å². The fourth-order valence-corrected chi connectivity index (χ4v) is 14.9. The van der Waals surface area contributed by atoms with Gasteiger partial charge in [-0.1, -0.05) is 185 Å². The molecule has 0 N–H and O–H groups in total. The Balaban J connectivity index is 0.931. The van der Waals surface area contributed by atoms with Gasteiger partial charge in [-0.15, -0.1) is 0 Å². The van der Waals surface area contributed by atoms with Gasteiger partial charge in [0.05, 0.1) is 0 Å². The highest BCUT2D eigenvalue weighted by molar-refractivity contribution is 5.95. The molecule has 0 heterocycles. The zero-order valence-electron chi connectivity index (χ0n) is 38.5. The number of hydrogen-bond acceptors (Lipinski definition) is 1. The van der Waals surface area contributed by atoms with Gasteiger partial charge in [-0.3, -0.25) is 0 Å². The van der Waals surface area contributed by atoms with Crippen molar-refractivity contribution in [3.8, 4) is 55.6 Å². The predicted octanol–water partition coefficient (Wildman–Crippen LogP) is 17.7. The van der Waals surface area contributed by atoms with E-state index in [1.165, 1.54) is 113 Å². The lowest BCUT2D eigenvalue weighted by Crippen LogP contribution is -2.49. The zero-order valence-corrected chi connectivity index (χ0v) is 38.5. The molecule has 2 bridgehead atoms. The summed E-state index contributed by atoms with van der Waals surface area (Å²) in [5, 5.41) is 0. The first kappa shape index (κ1) is 39.9. The second-order valence-electron chi connectivity index (χ2n) is 20.9. The van der Waals surface area contributed by atoms with Crippen LogP contribution in [0.5, 0.6) is 0 Å². The van der Waals surface area contributed by atoms with Gasteiger partial charge in [0.25, 0.3) is 0 Å². The molecular weight excluding hydrogens is 795 g/mol. The summed E-state index contributed by atoms with van der Waals surface area (Å²) in [5.41, 5.74) is 23.4. The molecule has 2 spiro atoms. The first-order valence-electron chi connectivity index (χ1n) is 25.1. The summed E-state index contributed by atoms with van der Waals surface area (Å²) in [6.45, 7) is 5.09. The maximum Gasteiger partial charge on any atom is 0.0467 e. The largest absolute Gasteiger partial charge is 0.310 e. The van der Waals surface area contributed by atoms with Crippen molar-refractivity contribution in [2.45, 2.75) is 82.5 Å². The van der Waals surface area contributed by atoms with Crippen LogP contribution in [0.15, 0.2) is 188 Å². The van der Waals surface area contributed by atoms with E-state index in [-0.39, 0.29) is 10.8 Å². The van der Waals surface area contributed by atoms with E-state index in [1.54, 1.807) is 22.3 Å². The van der Waals surface area contributed by atoms with Gasteiger partial charge < -0.3 is 4.90 Å². The van der Waals surface area contributed by atoms with E-state index in [0.29, 0.717) is 11.8 Å². The lowest BCUT2D eigenvalue weighted by molar-refractivity contribution is 0.0426. The molecular formula is C65H59N. The van der Waals surface area contributed by atoms with Crippen LogP contribution >= 0.6 is 0 Å². The molecule has 8 aromatic rings. The van der Waals surface area contributed by atoms with Crippen LogP contribution in [0.4, 0.5) is 17.1 Å². The van der Waals surface area contributed by atoms with Crippen molar-refractivity contribution in [3.05, 3.63) is 210 Å². The second-order valence-corrected chi connectivity index (χ2v) is 20.9. The van der Waals surface area contributed by atoms with Gasteiger partial charge in [0.2, 0.25) is 0 Å². The third-order valence-electron chi connectivity index (χ3n) is 17.4. The van der Waals surface area contributed by atoms with Crippen molar-refractivity contribution >= 4 is 17.1 Å². The van der Waals surface area contributed by atoms with Gasteiger partial charge in [0, 0.05) is 27.9 Å². The summed E-state index contributed by atoms with van der Waals surface area (Å²) in [6, 6.07) is 71.9. The van der Waals surface area contributed by atoms with Crippen molar-refractivity contribution in [1.29, 1.82) is 0 Å². The van der Waals surface area contributed by atoms with Crippen LogP contribution in [0.1, 0.15) is 93.9 Å². The van der Waals surface area contributed by atoms with E-state index >= 15 is 0 Å². The molecule has 8 aromatic carbocycles. The van der Waals surface area contributed by atoms with Gasteiger partial charge in [-0.2, -0.15) is 0 Å². The van der Waals surface area contributed by atoms with Crippen LogP contribution in [-0.4, -0.2) is 0 Å². The van der Waals surface area contributed by atoms with E-state index in [9.17, 15) is 0 Å². The maximum absolute atomic E-state index is 2.58. The van der Waals surface area contributed by atoms with E-state index in [1.807, 2.05) is 0 Å². The summed E-state index contributed by atoms with van der Waals surface area (Å²) < 4.78 is 0. The Kier molecular flexibility index (Phi) is 9.42. The molecule has 1 heteroatoms. The summed E-state index contributed by atoms with van der Waals surface area (Å²) in [7, 11) is 0. The first-order chi connectivity index (χ1) is 32.5. The zero-order chi connectivity index (χ0) is 44.0. The number of rotatable bonds is 6. The second kappa shape index (κ2) is 15.6. The standard InChI is InChI=1S/C65H59N/c1-43-38-45-40-44(2)65(50(39-43)41-45)59-25-10-8-21-57(59)63-55(23-15-27-61(63)65)49-18-13-19-53(42-49)66(51-32-28-47(29-33-51)46-16-5-3-6-17-46)52-34-30-48(31-35-52)54-22-14-26-60-62(54)56-20-7-9-24-58(56)64(60)36-11-4-12-37-64/h3,5-10,13-35,42-45,50H,4,11-12,36-41H2,1-2H3/t43-,44+,45?,50-,65-/m1/s1. The third kappa shape index (κ3) is 5.97. The monoisotopic (exact) mass is 853 g/mol. The molecule has 324 valence electrons. The molecule has 0 aromatic heterocycles. The number of benzene rings is 8. The molecule has 0 saturated heterocycles. The van der Waals surface area contributed by atoms with Crippen LogP contribution in [0.25, 0.3) is 55.6 Å². The fraction of sp³-hybridized carbons (Fsp3) is 0.262. The van der Waals surface area contributed by atoms with Crippen LogP contribution in [0.3, 0.4) is 0 Å². The number of hydrogen-bond donors (Lipinski definition) is 0. The lowest BCUT2D eigenvalue weighted by atomic mass is 9.49. The Morgan fingerprint density at radius 1 is 0.394 bits per heavy atom. The van der Waals surface area contributed by atoms with Gasteiger partial charge in [0.1, 0.15) is 0 Å². The van der Waals surface area contributed by atoms with Crippen molar-refractivity contribution in [1.82, 2.24) is 0 Å². The Hall–Kier alpha value is -6.44. The average Bonchev–Trinajstić information content (AvgIpc) is 3.82. The minimum Gasteiger partial charge on any atom is -0.310 e. The highest BCUT2D eigenvalue weighted by atomic mass is 15.1. The van der Waals surface area contributed by atoms with E-state index < -0.39 is 0 Å². The number of nitrogens with zero attached hydrogens (tertiary/aromatic N) is 1. The van der Waals surface area contributed by atoms with Gasteiger partial charge in [-0.25, -0.2) is 0 Å². The lowest BCUT2D eigenvalue weighted by Gasteiger charge is -2.54. The average molecular weight is 854 g/mol. The predicted molar refractivity (Wildman–Crippen MR) is 277 cm³/mol. The topological polar surface area (TPSA) is 3.24 Å². The van der Waals surface area contributed by atoms with Crippen molar-refractivity contribution in [3.63, 3.8) is 0 Å². The number of fused-ring (bicyclic) bond motifs is 13. The molecule has 3 fully saturated rings. The molecule has 3 saturated carbocycles. The molecule has 1 nitrogen and oxygen atoms in total. The highest BCUT2D eigenvalue weighted by Crippen LogP contribution is 2.66. The van der Waals surface area contributed by atoms with E-state index in [0.717, 1.165) is 28.9 Å². The summed E-state index contributed by atoms with van der Waals surface area (Å²) in [5.74, 6) is 2.93. The van der Waals surface area contributed by atoms with Crippen LogP contribution in [0, 0.1) is 23.7 Å². The molecule has 1 unspecified atom stereocenters. The van der Waals surface area contributed by atoms with Crippen LogP contribution < -0.4 is 4.90 Å².